The average molecular weight is 287 g/mol. The van der Waals surface area contributed by atoms with Crippen LogP contribution in [-0.4, -0.2) is 26.7 Å². The third-order valence-electron chi connectivity index (χ3n) is 4.10. The Bertz CT molecular complexity index is 663. The van der Waals surface area contributed by atoms with E-state index in [1.165, 1.54) is 0 Å². The molecule has 2 heterocycles. The van der Waals surface area contributed by atoms with Crippen molar-refractivity contribution in [2.45, 2.75) is 45.2 Å². The Labute approximate surface area is 123 Å². The molecule has 0 saturated heterocycles. The average Bonchev–Trinajstić information content (AvgIpc) is 3.04. The molecule has 2 unspecified atom stereocenters. The van der Waals surface area contributed by atoms with Crippen molar-refractivity contribution in [3.05, 3.63) is 18.5 Å². The third kappa shape index (κ3) is 2.63. The van der Waals surface area contributed by atoms with Crippen LogP contribution in [0.5, 0.6) is 0 Å². The van der Waals surface area contributed by atoms with E-state index in [4.69, 9.17) is 5.73 Å². The minimum Gasteiger partial charge on any atom is -0.327 e. The summed E-state index contributed by atoms with van der Waals surface area (Å²) in [5.74, 6) is -0.0866. The molecule has 1 amide bonds. The maximum absolute atomic E-state index is 12.2. The van der Waals surface area contributed by atoms with Crippen LogP contribution in [0.15, 0.2) is 18.5 Å². The number of carbonyl (C=O) groups excluding carboxylic acids is 1. The second kappa shape index (κ2) is 5.44. The zero-order valence-corrected chi connectivity index (χ0v) is 12.4. The fourth-order valence-electron chi connectivity index (χ4n) is 2.94. The number of nitrogens with zero attached hydrogens (tertiary/aromatic N) is 3. The largest absolute Gasteiger partial charge is 0.327 e. The normalized spacial score (nSPS) is 22.1. The van der Waals surface area contributed by atoms with Crippen LogP contribution in [0.4, 0.5) is 5.69 Å². The van der Waals surface area contributed by atoms with Crippen molar-refractivity contribution in [1.82, 2.24) is 14.8 Å². The molecule has 0 bridgehead atoms. The minimum absolute atomic E-state index is 0.00241. The highest BCUT2D eigenvalue weighted by molar-refractivity contribution is 5.94. The van der Waals surface area contributed by atoms with Crippen LogP contribution in [0.1, 0.15) is 39.2 Å². The van der Waals surface area contributed by atoms with Gasteiger partial charge in [-0.2, -0.15) is 5.10 Å². The Morgan fingerprint density at radius 1 is 1.43 bits per heavy atom. The fourth-order valence-corrected chi connectivity index (χ4v) is 2.94. The molecule has 6 nitrogen and oxygen atoms in total. The molecule has 0 radical (unpaired) electrons. The monoisotopic (exact) mass is 287 g/mol. The first kappa shape index (κ1) is 14.0. The van der Waals surface area contributed by atoms with Gasteiger partial charge >= 0.3 is 0 Å². The van der Waals surface area contributed by atoms with Gasteiger partial charge in [0.2, 0.25) is 5.91 Å². The van der Waals surface area contributed by atoms with Crippen LogP contribution < -0.4 is 11.1 Å². The van der Waals surface area contributed by atoms with Crippen molar-refractivity contribution in [2.75, 3.05) is 5.32 Å². The number of nitrogens with two attached hydrogens (primary N) is 1. The molecule has 0 aromatic carbocycles. The van der Waals surface area contributed by atoms with Gasteiger partial charge in [-0.25, -0.2) is 9.67 Å². The van der Waals surface area contributed by atoms with Gasteiger partial charge in [-0.3, -0.25) is 4.79 Å². The van der Waals surface area contributed by atoms with Gasteiger partial charge in [0, 0.05) is 17.5 Å². The van der Waals surface area contributed by atoms with E-state index in [0.29, 0.717) is 5.69 Å². The Hall–Kier alpha value is -1.95. The SMILES string of the molecule is CC(C)n1ncc2cc(NC(=O)C3CCCC3N)cnc21. The molecule has 0 spiro atoms. The minimum atomic E-state index is -0.0842. The summed E-state index contributed by atoms with van der Waals surface area (Å²) in [6.45, 7) is 4.12. The summed E-state index contributed by atoms with van der Waals surface area (Å²) in [6.07, 6.45) is 6.28. The van der Waals surface area contributed by atoms with Crippen molar-refractivity contribution in [3.63, 3.8) is 0 Å². The van der Waals surface area contributed by atoms with Crippen LogP contribution >= 0.6 is 0 Å². The fraction of sp³-hybridized carbons (Fsp3) is 0.533. The topological polar surface area (TPSA) is 85.8 Å². The number of pyridine rings is 1. The van der Waals surface area contributed by atoms with Gasteiger partial charge in [0.1, 0.15) is 0 Å². The first-order valence-electron chi connectivity index (χ1n) is 7.46. The zero-order chi connectivity index (χ0) is 15.0. The molecule has 0 aliphatic heterocycles. The van der Waals surface area contributed by atoms with Gasteiger partial charge in [0.15, 0.2) is 5.65 Å². The van der Waals surface area contributed by atoms with Crippen molar-refractivity contribution in [3.8, 4) is 0 Å². The first-order chi connectivity index (χ1) is 10.1. The van der Waals surface area contributed by atoms with Gasteiger partial charge in [-0.05, 0) is 32.8 Å². The standard InChI is InChI=1S/C15H21N5O/c1-9(2)20-14-10(7-18-20)6-11(8-17-14)19-15(21)12-4-3-5-13(12)16/h6-9,12-13H,3-5,16H2,1-2H3,(H,19,21). The molecule has 1 saturated carbocycles. The molecular formula is C15H21N5O. The molecular weight excluding hydrogens is 266 g/mol. The van der Waals surface area contributed by atoms with Crippen molar-refractivity contribution < 1.29 is 4.79 Å². The van der Waals surface area contributed by atoms with Crippen LogP contribution in [0.2, 0.25) is 0 Å². The summed E-state index contributed by atoms with van der Waals surface area (Å²) in [6, 6.07) is 2.14. The maximum Gasteiger partial charge on any atom is 0.229 e. The molecule has 3 N–H and O–H groups in total. The highest BCUT2D eigenvalue weighted by Gasteiger charge is 2.30. The molecule has 21 heavy (non-hydrogen) atoms. The lowest BCUT2D eigenvalue weighted by atomic mass is 10.0. The number of carbonyl (C=O) groups is 1. The lowest BCUT2D eigenvalue weighted by Gasteiger charge is -2.15. The summed E-state index contributed by atoms with van der Waals surface area (Å²) in [4.78, 5) is 16.7. The van der Waals surface area contributed by atoms with Crippen molar-refractivity contribution in [1.29, 1.82) is 0 Å². The summed E-state index contributed by atoms with van der Waals surface area (Å²) < 4.78 is 1.87. The molecule has 2 atom stereocenters. The van der Waals surface area contributed by atoms with Gasteiger partial charge in [-0.15, -0.1) is 0 Å². The zero-order valence-electron chi connectivity index (χ0n) is 12.4. The summed E-state index contributed by atoms with van der Waals surface area (Å²) in [5, 5.41) is 8.18. The van der Waals surface area contributed by atoms with Crippen LogP contribution in [0.3, 0.4) is 0 Å². The summed E-state index contributed by atoms with van der Waals surface area (Å²) >= 11 is 0. The van der Waals surface area contributed by atoms with Gasteiger partial charge in [0.25, 0.3) is 0 Å². The van der Waals surface area contributed by atoms with E-state index >= 15 is 0 Å². The quantitative estimate of drug-likeness (QED) is 0.905. The molecule has 2 aromatic rings. The number of hydrogen-bond donors (Lipinski definition) is 2. The van der Waals surface area contributed by atoms with Gasteiger partial charge in [0.05, 0.1) is 24.0 Å². The van der Waals surface area contributed by atoms with Crippen LogP contribution in [-0.2, 0) is 4.79 Å². The predicted molar refractivity (Wildman–Crippen MR) is 81.9 cm³/mol. The number of nitrogens with one attached hydrogen (secondary N) is 1. The van der Waals surface area contributed by atoms with Gasteiger partial charge in [-0.1, -0.05) is 6.42 Å². The highest BCUT2D eigenvalue weighted by atomic mass is 16.1. The van der Waals surface area contributed by atoms with Crippen molar-refractivity contribution >= 4 is 22.6 Å². The number of fused-ring (bicyclic) bond motifs is 1. The van der Waals surface area contributed by atoms with E-state index in [1.807, 2.05) is 10.7 Å². The molecule has 1 fully saturated rings. The lowest BCUT2D eigenvalue weighted by molar-refractivity contribution is -0.120. The van der Waals surface area contributed by atoms with Gasteiger partial charge < -0.3 is 11.1 Å². The lowest BCUT2D eigenvalue weighted by Crippen LogP contribution is -2.34. The van der Waals surface area contributed by atoms with E-state index < -0.39 is 0 Å². The number of hydrogen-bond acceptors (Lipinski definition) is 4. The van der Waals surface area contributed by atoms with E-state index in [9.17, 15) is 4.79 Å². The Morgan fingerprint density at radius 2 is 2.24 bits per heavy atom. The van der Waals surface area contributed by atoms with E-state index in [1.54, 1.807) is 12.4 Å². The number of anilines is 1. The second-order valence-electron chi connectivity index (χ2n) is 6.01. The molecule has 1 aliphatic carbocycles. The Balaban J connectivity index is 1.80. The smallest absolute Gasteiger partial charge is 0.229 e. The summed E-state index contributed by atoms with van der Waals surface area (Å²) in [7, 11) is 0. The molecule has 1 aliphatic rings. The number of rotatable bonds is 3. The Kier molecular flexibility index (Phi) is 3.63. The predicted octanol–water partition coefficient (Wildman–Crippen LogP) is 2.08. The first-order valence-corrected chi connectivity index (χ1v) is 7.46. The van der Waals surface area contributed by atoms with Crippen LogP contribution in [0.25, 0.3) is 11.0 Å². The van der Waals surface area contributed by atoms with Crippen LogP contribution in [0, 0.1) is 5.92 Å². The molecule has 112 valence electrons. The molecule has 3 rings (SSSR count). The highest BCUT2D eigenvalue weighted by Crippen LogP contribution is 2.26. The Morgan fingerprint density at radius 3 is 2.90 bits per heavy atom. The van der Waals surface area contributed by atoms with Crippen molar-refractivity contribution in [2.24, 2.45) is 11.7 Å². The molecule has 2 aromatic heterocycles. The maximum atomic E-state index is 12.2. The van der Waals surface area contributed by atoms with E-state index in [2.05, 4.69) is 29.2 Å². The third-order valence-corrected chi connectivity index (χ3v) is 4.10. The number of aromatic nitrogens is 3. The second-order valence-corrected chi connectivity index (χ2v) is 6.01. The molecule has 6 heteroatoms. The number of amides is 1. The van der Waals surface area contributed by atoms with E-state index in [0.717, 1.165) is 30.3 Å². The summed E-state index contributed by atoms with van der Waals surface area (Å²) in [5.41, 5.74) is 7.51. The van der Waals surface area contributed by atoms with E-state index in [-0.39, 0.29) is 23.9 Å².